The van der Waals surface area contributed by atoms with E-state index in [0.717, 1.165) is 35.6 Å². The first-order chi connectivity index (χ1) is 14.0. The quantitative estimate of drug-likeness (QED) is 0.693. The van der Waals surface area contributed by atoms with Gasteiger partial charge in [0.1, 0.15) is 0 Å². The summed E-state index contributed by atoms with van der Waals surface area (Å²) < 4.78 is 5.03. The Morgan fingerprint density at radius 3 is 2.45 bits per heavy atom. The monoisotopic (exact) mass is 411 g/mol. The fourth-order valence-corrected chi connectivity index (χ4v) is 3.50. The summed E-state index contributed by atoms with van der Waals surface area (Å²) in [7, 11) is 0. The number of hydrogen-bond acceptors (Lipinski definition) is 5. The van der Waals surface area contributed by atoms with Gasteiger partial charge in [0.2, 0.25) is 11.7 Å². The summed E-state index contributed by atoms with van der Waals surface area (Å²) in [5, 5.41) is 7.52. The van der Waals surface area contributed by atoms with Gasteiger partial charge in [0.05, 0.1) is 0 Å². The molecule has 0 bridgehead atoms. The lowest BCUT2D eigenvalue weighted by molar-refractivity contribution is 0.208. The van der Waals surface area contributed by atoms with Crippen molar-refractivity contribution in [3.8, 4) is 11.4 Å². The number of rotatable bonds is 3. The average molecular weight is 412 g/mol. The zero-order valence-corrected chi connectivity index (χ0v) is 17.1. The highest BCUT2D eigenvalue weighted by Gasteiger charge is 2.22. The Labute approximate surface area is 174 Å². The molecule has 4 rings (SSSR count). The smallest absolute Gasteiger partial charge is 0.321 e. The van der Waals surface area contributed by atoms with Crippen LogP contribution >= 0.6 is 11.6 Å². The van der Waals surface area contributed by atoms with Gasteiger partial charge >= 0.3 is 6.03 Å². The van der Waals surface area contributed by atoms with Crippen LogP contribution in [-0.2, 0) is 0 Å². The molecule has 1 aliphatic rings. The summed E-state index contributed by atoms with van der Waals surface area (Å²) in [6, 6.07) is 13.5. The molecule has 0 aliphatic carbocycles. The molecule has 1 N–H and O–H groups in total. The number of aryl methyl sites for hydroxylation is 2. The van der Waals surface area contributed by atoms with Gasteiger partial charge in [-0.15, -0.1) is 0 Å². The van der Waals surface area contributed by atoms with Crippen LogP contribution in [0.3, 0.4) is 0 Å². The second-order valence-electron chi connectivity index (χ2n) is 7.05. The molecular weight excluding hydrogens is 390 g/mol. The number of hydrogen-bond donors (Lipinski definition) is 1. The molecule has 0 spiro atoms. The summed E-state index contributed by atoms with van der Waals surface area (Å²) in [4.78, 5) is 20.9. The van der Waals surface area contributed by atoms with Gasteiger partial charge in [-0.25, -0.2) is 4.79 Å². The van der Waals surface area contributed by atoms with E-state index in [1.807, 2.05) is 48.2 Å². The van der Waals surface area contributed by atoms with Crippen molar-refractivity contribution in [3.05, 3.63) is 58.9 Å². The molecule has 7 nitrogen and oxygen atoms in total. The normalized spacial score (nSPS) is 14.2. The van der Waals surface area contributed by atoms with Crippen molar-refractivity contribution in [2.45, 2.75) is 13.8 Å². The van der Waals surface area contributed by atoms with E-state index in [-0.39, 0.29) is 6.03 Å². The minimum atomic E-state index is -0.0992. The van der Waals surface area contributed by atoms with E-state index in [1.54, 1.807) is 13.0 Å². The predicted molar refractivity (Wildman–Crippen MR) is 113 cm³/mol. The lowest BCUT2D eigenvalue weighted by Crippen LogP contribution is -2.50. The van der Waals surface area contributed by atoms with Crippen molar-refractivity contribution in [2.24, 2.45) is 0 Å². The third-order valence-electron chi connectivity index (χ3n) is 5.03. The van der Waals surface area contributed by atoms with Gasteiger partial charge in [-0.3, -0.25) is 0 Å². The van der Waals surface area contributed by atoms with Crippen molar-refractivity contribution >= 4 is 29.0 Å². The van der Waals surface area contributed by atoms with Gasteiger partial charge in [-0.1, -0.05) is 22.8 Å². The number of amides is 2. The van der Waals surface area contributed by atoms with Crippen LogP contribution in [0.4, 0.5) is 16.2 Å². The van der Waals surface area contributed by atoms with E-state index in [9.17, 15) is 4.79 Å². The number of urea groups is 1. The van der Waals surface area contributed by atoms with E-state index < -0.39 is 0 Å². The highest BCUT2D eigenvalue weighted by atomic mass is 35.5. The van der Waals surface area contributed by atoms with Crippen LogP contribution in [0.2, 0.25) is 5.02 Å². The number of nitrogens with one attached hydrogen (secondary N) is 1. The maximum Gasteiger partial charge on any atom is 0.321 e. The molecule has 8 heteroatoms. The SMILES string of the molecule is Cc1nc(-c2ccc(N3CCN(C(=O)Nc4cc(Cl)ccc4C)CC3)cc2)no1. The van der Waals surface area contributed by atoms with E-state index in [4.69, 9.17) is 16.1 Å². The van der Waals surface area contributed by atoms with Crippen molar-refractivity contribution in [1.29, 1.82) is 0 Å². The summed E-state index contributed by atoms with van der Waals surface area (Å²) in [6.45, 7) is 6.55. The molecule has 0 unspecified atom stereocenters. The Hall–Kier alpha value is -3.06. The summed E-state index contributed by atoms with van der Waals surface area (Å²) in [5.41, 5.74) is 3.76. The molecule has 0 atom stereocenters. The second-order valence-corrected chi connectivity index (χ2v) is 7.48. The highest BCUT2D eigenvalue weighted by Crippen LogP contribution is 2.23. The molecule has 1 saturated heterocycles. The minimum absolute atomic E-state index is 0.0992. The summed E-state index contributed by atoms with van der Waals surface area (Å²) in [6.07, 6.45) is 0. The van der Waals surface area contributed by atoms with Crippen molar-refractivity contribution < 1.29 is 9.32 Å². The van der Waals surface area contributed by atoms with Gasteiger partial charge in [0.15, 0.2) is 0 Å². The maximum atomic E-state index is 12.6. The molecule has 3 aromatic rings. The standard InChI is InChI=1S/C21H22ClN5O2/c1-14-3-6-17(22)13-19(14)24-21(28)27-11-9-26(10-12-27)18-7-4-16(5-8-18)20-23-15(2)29-25-20/h3-8,13H,9-12H2,1-2H3,(H,24,28). The minimum Gasteiger partial charge on any atom is -0.368 e. The Morgan fingerprint density at radius 2 is 1.79 bits per heavy atom. The average Bonchev–Trinajstić information content (AvgIpc) is 3.17. The maximum absolute atomic E-state index is 12.6. The fourth-order valence-electron chi connectivity index (χ4n) is 3.33. The van der Waals surface area contributed by atoms with Crippen LogP contribution in [0, 0.1) is 13.8 Å². The number of anilines is 2. The molecule has 0 saturated carbocycles. The van der Waals surface area contributed by atoms with Gasteiger partial charge < -0.3 is 19.6 Å². The molecule has 1 aromatic heterocycles. The molecule has 2 amide bonds. The van der Waals surface area contributed by atoms with E-state index in [1.165, 1.54) is 0 Å². The first-order valence-electron chi connectivity index (χ1n) is 9.47. The van der Waals surface area contributed by atoms with E-state index in [0.29, 0.717) is 29.8 Å². The Kier molecular flexibility index (Phi) is 5.40. The predicted octanol–water partition coefficient (Wildman–Crippen LogP) is 4.36. The van der Waals surface area contributed by atoms with Crippen molar-refractivity contribution in [3.63, 3.8) is 0 Å². The Morgan fingerprint density at radius 1 is 1.07 bits per heavy atom. The zero-order chi connectivity index (χ0) is 20.4. The third kappa shape index (κ3) is 4.35. The Balaban J connectivity index is 1.35. The number of nitrogens with zero attached hydrogens (tertiary/aromatic N) is 4. The van der Waals surface area contributed by atoms with E-state index in [2.05, 4.69) is 20.4 Å². The first-order valence-corrected chi connectivity index (χ1v) is 9.85. The molecule has 2 heterocycles. The van der Waals surface area contributed by atoms with Gasteiger partial charge in [-0.2, -0.15) is 4.98 Å². The Bertz CT molecular complexity index is 1010. The highest BCUT2D eigenvalue weighted by molar-refractivity contribution is 6.31. The molecule has 1 fully saturated rings. The number of halogens is 1. The lowest BCUT2D eigenvalue weighted by atomic mass is 10.1. The van der Waals surface area contributed by atoms with Gasteiger partial charge in [0, 0.05) is 55.1 Å². The van der Waals surface area contributed by atoms with Crippen LogP contribution in [0.5, 0.6) is 0 Å². The molecule has 2 aromatic carbocycles. The summed E-state index contributed by atoms with van der Waals surface area (Å²) >= 11 is 6.04. The first kappa shape index (κ1) is 19.3. The number of piperazine rings is 1. The van der Waals surface area contributed by atoms with Gasteiger partial charge in [0.25, 0.3) is 0 Å². The topological polar surface area (TPSA) is 74.5 Å². The lowest BCUT2D eigenvalue weighted by Gasteiger charge is -2.36. The van der Waals surface area contributed by atoms with E-state index >= 15 is 0 Å². The van der Waals surface area contributed by atoms with Crippen molar-refractivity contribution in [2.75, 3.05) is 36.4 Å². The van der Waals surface area contributed by atoms with Crippen LogP contribution in [-0.4, -0.2) is 47.3 Å². The fraction of sp³-hybridized carbons (Fsp3) is 0.286. The number of carbonyl (C=O) groups excluding carboxylic acids is 1. The zero-order valence-electron chi connectivity index (χ0n) is 16.4. The van der Waals surface area contributed by atoms with Crippen LogP contribution in [0.1, 0.15) is 11.5 Å². The molecule has 29 heavy (non-hydrogen) atoms. The van der Waals surface area contributed by atoms with Crippen LogP contribution in [0.15, 0.2) is 47.0 Å². The largest absolute Gasteiger partial charge is 0.368 e. The third-order valence-corrected chi connectivity index (χ3v) is 5.26. The van der Waals surface area contributed by atoms with Crippen LogP contribution < -0.4 is 10.2 Å². The molecule has 1 aliphatic heterocycles. The molecular formula is C21H22ClN5O2. The van der Waals surface area contributed by atoms with Gasteiger partial charge in [-0.05, 0) is 48.9 Å². The molecule has 0 radical (unpaired) electrons. The second kappa shape index (κ2) is 8.13. The van der Waals surface area contributed by atoms with Crippen LogP contribution in [0.25, 0.3) is 11.4 Å². The number of benzene rings is 2. The number of carbonyl (C=O) groups is 1. The summed E-state index contributed by atoms with van der Waals surface area (Å²) in [5.74, 6) is 1.14. The van der Waals surface area contributed by atoms with Crippen molar-refractivity contribution in [1.82, 2.24) is 15.0 Å². The number of aromatic nitrogens is 2. The molecule has 150 valence electrons.